The summed E-state index contributed by atoms with van der Waals surface area (Å²) >= 11 is 5.69. The molecule has 0 fully saturated rings. The third-order valence-electron chi connectivity index (χ3n) is 1.71. The minimum Gasteiger partial charge on any atom is -0.433 e. The smallest absolute Gasteiger partial charge is 0.387 e. The Morgan fingerprint density at radius 2 is 2.24 bits per heavy atom. The Bertz CT molecular complexity index is 401. The van der Waals surface area contributed by atoms with E-state index >= 15 is 0 Å². The van der Waals surface area contributed by atoms with Crippen LogP contribution in [0, 0.1) is 0 Å². The second kappa shape index (κ2) is 6.36. The molecule has 0 saturated heterocycles. The second-order valence-corrected chi connectivity index (χ2v) is 3.41. The van der Waals surface area contributed by atoms with Crippen LogP contribution in [0.4, 0.5) is 14.5 Å². The summed E-state index contributed by atoms with van der Waals surface area (Å²) in [4.78, 5) is 11.2. The molecular weight excluding hydrogens is 256 g/mol. The number of hydrogen-bond donors (Lipinski definition) is 1. The molecule has 0 aliphatic rings. The first-order valence-corrected chi connectivity index (χ1v) is 4.94. The van der Waals surface area contributed by atoms with Crippen LogP contribution in [0.2, 0.25) is 5.02 Å². The van der Waals surface area contributed by atoms with Gasteiger partial charge in [0.2, 0.25) is 5.91 Å². The first-order valence-electron chi connectivity index (χ1n) is 4.56. The number of benzene rings is 1. The van der Waals surface area contributed by atoms with Gasteiger partial charge >= 0.3 is 6.61 Å². The van der Waals surface area contributed by atoms with Gasteiger partial charge in [0, 0.05) is 12.8 Å². The molecule has 4 nitrogen and oxygen atoms in total. The van der Waals surface area contributed by atoms with Crippen LogP contribution in [0.25, 0.3) is 0 Å². The largest absolute Gasteiger partial charge is 0.433 e. The van der Waals surface area contributed by atoms with Crippen molar-refractivity contribution >= 4 is 23.2 Å². The summed E-state index contributed by atoms with van der Waals surface area (Å²) in [5, 5.41) is 2.46. The normalized spacial score (nSPS) is 10.4. The highest BCUT2D eigenvalue weighted by Gasteiger charge is 2.10. The van der Waals surface area contributed by atoms with Crippen molar-refractivity contribution < 1.29 is 23.0 Å². The fraction of sp³-hybridized carbons (Fsp3) is 0.300. The van der Waals surface area contributed by atoms with Crippen LogP contribution < -0.4 is 10.1 Å². The molecule has 17 heavy (non-hydrogen) atoms. The number of carbonyl (C=O) groups is 1. The number of nitrogens with one attached hydrogen (secondary N) is 1. The van der Waals surface area contributed by atoms with E-state index in [1.165, 1.54) is 25.3 Å². The molecule has 0 bridgehead atoms. The molecule has 1 N–H and O–H groups in total. The van der Waals surface area contributed by atoms with Crippen molar-refractivity contribution in [3.05, 3.63) is 23.2 Å². The van der Waals surface area contributed by atoms with Crippen molar-refractivity contribution in [1.82, 2.24) is 0 Å². The fourth-order valence-corrected chi connectivity index (χ4v) is 1.32. The fourth-order valence-electron chi connectivity index (χ4n) is 1.10. The molecule has 1 rings (SSSR count). The Labute approximate surface area is 101 Å². The number of ether oxygens (including phenoxy) is 2. The molecule has 0 saturated carbocycles. The van der Waals surface area contributed by atoms with E-state index < -0.39 is 6.61 Å². The third-order valence-corrected chi connectivity index (χ3v) is 2.00. The van der Waals surface area contributed by atoms with Gasteiger partial charge in [-0.3, -0.25) is 4.79 Å². The number of amides is 1. The molecule has 0 aliphatic carbocycles. The molecule has 1 amide bonds. The van der Waals surface area contributed by atoms with Crippen molar-refractivity contribution in [1.29, 1.82) is 0 Å². The van der Waals surface area contributed by atoms with E-state index in [2.05, 4.69) is 14.8 Å². The molecule has 94 valence electrons. The maximum absolute atomic E-state index is 11.9. The van der Waals surface area contributed by atoms with E-state index in [9.17, 15) is 13.6 Å². The van der Waals surface area contributed by atoms with Gasteiger partial charge in [-0.2, -0.15) is 8.78 Å². The lowest BCUT2D eigenvalue weighted by Crippen LogP contribution is -2.17. The van der Waals surface area contributed by atoms with Gasteiger partial charge in [0.1, 0.15) is 12.4 Å². The van der Waals surface area contributed by atoms with Crippen molar-refractivity contribution in [2.45, 2.75) is 6.61 Å². The molecule has 1 aromatic rings. The van der Waals surface area contributed by atoms with Gasteiger partial charge < -0.3 is 14.8 Å². The summed E-state index contributed by atoms with van der Waals surface area (Å²) in [6.07, 6.45) is 0. The SMILES string of the molecule is COCC(=O)Nc1ccc(OC(F)F)c(Cl)c1. The Kier molecular flexibility index (Phi) is 5.11. The second-order valence-electron chi connectivity index (χ2n) is 3.00. The van der Waals surface area contributed by atoms with Crippen LogP contribution in [0.5, 0.6) is 5.75 Å². The quantitative estimate of drug-likeness (QED) is 0.890. The molecule has 0 aromatic heterocycles. The molecule has 0 unspecified atom stereocenters. The first-order chi connectivity index (χ1) is 8.02. The monoisotopic (exact) mass is 265 g/mol. The van der Waals surface area contributed by atoms with Gasteiger partial charge in [-0.25, -0.2) is 0 Å². The van der Waals surface area contributed by atoms with E-state index in [4.69, 9.17) is 11.6 Å². The number of hydrogen-bond acceptors (Lipinski definition) is 3. The zero-order valence-corrected chi connectivity index (χ0v) is 9.63. The minimum absolute atomic E-state index is 0.0134. The maximum atomic E-state index is 11.9. The lowest BCUT2D eigenvalue weighted by Gasteiger charge is -2.09. The predicted octanol–water partition coefficient (Wildman–Crippen LogP) is 2.53. The van der Waals surface area contributed by atoms with Gasteiger partial charge in [-0.15, -0.1) is 0 Å². The van der Waals surface area contributed by atoms with Crippen molar-refractivity contribution in [3.8, 4) is 5.75 Å². The van der Waals surface area contributed by atoms with Gasteiger partial charge in [-0.05, 0) is 18.2 Å². The minimum atomic E-state index is -2.94. The Morgan fingerprint density at radius 1 is 1.53 bits per heavy atom. The van der Waals surface area contributed by atoms with Crippen LogP contribution in [0.3, 0.4) is 0 Å². The highest BCUT2D eigenvalue weighted by molar-refractivity contribution is 6.32. The van der Waals surface area contributed by atoms with E-state index in [0.29, 0.717) is 5.69 Å². The molecule has 0 spiro atoms. The summed E-state index contributed by atoms with van der Waals surface area (Å²) in [6, 6.07) is 3.96. The summed E-state index contributed by atoms with van der Waals surface area (Å²) in [7, 11) is 1.38. The van der Waals surface area contributed by atoms with Gasteiger partial charge in [0.05, 0.1) is 5.02 Å². The predicted molar refractivity (Wildman–Crippen MR) is 58.6 cm³/mol. The zero-order chi connectivity index (χ0) is 12.8. The van der Waals surface area contributed by atoms with E-state index in [0.717, 1.165) is 0 Å². The first kappa shape index (κ1) is 13.7. The van der Waals surface area contributed by atoms with Crippen molar-refractivity contribution in [2.75, 3.05) is 19.0 Å². The molecule has 1 aromatic carbocycles. The maximum Gasteiger partial charge on any atom is 0.387 e. The molecule has 0 heterocycles. The summed E-state index contributed by atoms with van der Waals surface area (Å²) < 4.78 is 32.7. The van der Waals surface area contributed by atoms with Crippen molar-refractivity contribution in [3.63, 3.8) is 0 Å². The zero-order valence-electron chi connectivity index (χ0n) is 8.88. The number of carbonyl (C=O) groups excluding carboxylic acids is 1. The van der Waals surface area contributed by atoms with Gasteiger partial charge in [0.15, 0.2) is 0 Å². The number of anilines is 1. The lowest BCUT2D eigenvalue weighted by atomic mass is 10.3. The average molecular weight is 266 g/mol. The Morgan fingerprint density at radius 3 is 2.76 bits per heavy atom. The Hall–Kier alpha value is -1.40. The van der Waals surface area contributed by atoms with Gasteiger partial charge in [-0.1, -0.05) is 11.6 Å². The van der Waals surface area contributed by atoms with E-state index in [-0.39, 0.29) is 23.3 Å². The number of rotatable bonds is 5. The lowest BCUT2D eigenvalue weighted by molar-refractivity contribution is -0.119. The van der Waals surface area contributed by atoms with Crippen LogP contribution in [0.1, 0.15) is 0 Å². The Balaban J connectivity index is 2.71. The molecule has 0 radical (unpaired) electrons. The number of alkyl halides is 2. The van der Waals surface area contributed by atoms with Crippen LogP contribution >= 0.6 is 11.6 Å². The van der Waals surface area contributed by atoms with E-state index in [1.807, 2.05) is 0 Å². The molecular formula is C10H10ClF2NO3. The molecule has 0 aliphatic heterocycles. The van der Waals surface area contributed by atoms with Crippen LogP contribution in [-0.4, -0.2) is 26.2 Å². The highest BCUT2D eigenvalue weighted by Crippen LogP contribution is 2.28. The van der Waals surface area contributed by atoms with Gasteiger partial charge in [0.25, 0.3) is 0 Å². The summed E-state index contributed by atoms with van der Waals surface area (Å²) in [5.41, 5.74) is 0.374. The number of halogens is 3. The summed E-state index contributed by atoms with van der Waals surface area (Å²) in [6.45, 7) is -3.05. The summed E-state index contributed by atoms with van der Waals surface area (Å²) in [5.74, 6) is -0.516. The molecule has 7 heteroatoms. The average Bonchev–Trinajstić information content (AvgIpc) is 2.22. The topological polar surface area (TPSA) is 47.6 Å². The van der Waals surface area contributed by atoms with Crippen LogP contribution in [0.15, 0.2) is 18.2 Å². The van der Waals surface area contributed by atoms with Crippen LogP contribution in [-0.2, 0) is 9.53 Å². The highest BCUT2D eigenvalue weighted by atomic mass is 35.5. The third kappa shape index (κ3) is 4.54. The van der Waals surface area contributed by atoms with E-state index in [1.54, 1.807) is 0 Å². The van der Waals surface area contributed by atoms with Crippen molar-refractivity contribution in [2.24, 2.45) is 0 Å². The standard InChI is InChI=1S/C10H10ClF2NO3/c1-16-5-9(15)14-6-2-3-8(7(11)4-6)17-10(12)13/h2-4,10H,5H2,1H3,(H,14,15). The number of methoxy groups -OCH3 is 1. The molecule has 0 atom stereocenters.